The molecule has 0 aliphatic carbocycles. The van der Waals surface area contributed by atoms with Gasteiger partial charge in [-0.3, -0.25) is 14.1 Å². The number of nitrogen functional groups attached to an aromatic ring is 1. The molecular formula is C34H45ClN5O9P. The van der Waals surface area contributed by atoms with Crippen LogP contribution in [0.15, 0.2) is 48.7 Å². The van der Waals surface area contributed by atoms with Gasteiger partial charge in [0.25, 0.3) is 0 Å². The van der Waals surface area contributed by atoms with Crippen LogP contribution in [0.4, 0.5) is 5.69 Å². The Labute approximate surface area is 296 Å². The number of nitrogens with zero attached hydrogens (tertiary/aromatic N) is 3. The van der Waals surface area contributed by atoms with Gasteiger partial charge in [0.2, 0.25) is 5.60 Å². The number of carbonyl (C=O) groups is 2. The van der Waals surface area contributed by atoms with Crippen molar-refractivity contribution in [2.45, 2.75) is 96.2 Å². The first-order chi connectivity index (χ1) is 23.7. The molecule has 2 aromatic heterocycles. The fourth-order valence-corrected chi connectivity index (χ4v) is 7.18. The lowest BCUT2D eigenvalue weighted by Crippen LogP contribution is -2.54. The number of nitrogens with two attached hydrogens (primary N) is 1. The molecule has 0 saturated carbocycles. The largest absolute Gasteiger partial charge is 0.465 e. The third kappa shape index (κ3) is 8.60. The summed E-state index contributed by atoms with van der Waals surface area (Å²) < 4.78 is 44.8. The summed E-state index contributed by atoms with van der Waals surface area (Å²) in [5.41, 5.74) is 2.64. The van der Waals surface area contributed by atoms with Crippen LogP contribution in [0.1, 0.15) is 72.4 Å². The highest BCUT2D eigenvalue weighted by atomic mass is 35.5. The van der Waals surface area contributed by atoms with Gasteiger partial charge in [-0.2, -0.15) is 15.4 Å². The van der Waals surface area contributed by atoms with Crippen LogP contribution in [0.3, 0.4) is 0 Å². The number of nitriles is 1. The molecule has 272 valence electrons. The van der Waals surface area contributed by atoms with Crippen LogP contribution in [-0.2, 0) is 38.5 Å². The predicted molar refractivity (Wildman–Crippen MR) is 185 cm³/mol. The minimum absolute atomic E-state index is 0.0959. The van der Waals surface area contributed by atoms with Crippen LogP contribution in [-0.4, -0.2) is 63.7 Å². The molecule has 3 aromatic rings. The Bertz CT molecular complexity index is 1730. The highest BCUT2D eigenvalue weighted by molar-refractivity contribution is 7.52. The second-order valence-electron chi connectivity index (χ2n) is 12.7. The van der Waals surface area contributed by atoms with Crippen molar-refractivity contribution in [2.24, 2.45) is 5.92 Å². The van der Waals surface area contributed by atoms with Gasteiger partial charge in [0, 0.05) is 11.2 Å². The average molecular weight is 734 g/mol. The number of carbonyl (C=O) groups excluding carboxylic acids is 2. The molecule has 1 fully saturated rings. The fraction of sp³-hybridized carbons (Fsp3) is 0.529. The van der Waals surface area contributed by atoms with Gasteiger partial charge in [-0.1, -0.05) is 58.1 Å². The van der Waals surface area contributed by atoms with Crippen LogP contribution >= 0.6 is 19.3 Å². The first-order valence-corrected chi connectivity index (χ1v) is 18.5. The lowest BCUT2D eigenvalue weighted by Gasteiger charge is -2.34. The maximum absolute atomic E-state index is 14.3. The van der Waals surface area contributed by atoms with E-state index in [1.54, 1.807) is 26.0 Å². The summed E-state index contributed by atoms with van der Waals surface area (Å²) in [6.45, 7) is 7.62. The molecule has 0 spiro atoms. The molecule has 6 atom stereocenters. The van der Waals surface area contributed by atoms with Gasteiger partial charge < -0.3 is 29.6 Å². The molecule has 1 aromatic carbocycles. The monoisotopic (exact) mass is 733 g/mol. The third-order valence-electron chi connectivity index (χ3n) is 8.40. The molecule has 4 rings (SSSR count). The van der Waals surface area contributed by atoms with Crippen molar-refractivity contribution in [1.29, 1.82) is 5.26 Å². The van der Waals surface area contributed by atoms with E-state index in [4.69, 9.17) is 40.6 Å². The number of hydrogen-bond acceptors (Lipinski definition) is 12. The second kappa shape index (κ2) is 16.5. The quantitative estimate of drug-likeness (QED) is 0.0869. The molecule has 4 N–H and O–H groups in total. The van der Waals surface area contributed by atoms with Crippen LogP contribution in [0.5, 0.6) is 5.75 Å². The zero-order chi connectivity index (χ0) is 36.7. The normalized spacial score (nSPS) is 23.7. The summed E-state index contributed by atoms with van der Waals surface area (Å²) >= 11 is 6.02. The molecule has 14 nitrogen and oxygen atoms in total. The van der Waals surface area contributed by atoms with Crippen molar-refractivity contribution in [2.75, 3.05) is 18.9 Å². The number of anilines is 1. The zero-order valence-electron chi connectivity index (χ0n) is 28.8. The predicted octanol–water partition coefficient (Wildman–Crippen LogP) is 5.70. The molecule has 0 radical (unpaired) electrons. The Morgan fingerprint density at radius 2 is 1.84 bits per heavy atom. The van der Waals surface area contributed by atoms with Crippen molar-refractivity contribution < 1.29 is 42.5 Å². The van der Waals surface area contributed by atoms with Gasteiger partial charge >= 0.3 is 19.7 Å². The Hall–Kier alpha value is -3.70. The van der Waals surface area contributed by atoms with E-state index in [9.17, 15) is 24.5 Å². The van der Waals surface area contributed by atoms with Crippen molar-refractivity contribution in [3.8, 4) is 11.8 Å². The highest BCUT2D eigenvalue weighted by Gasteiger charge is 2.67. The minimum Gasteiger partial charge on any atom is -0.465 e. The molecule has 1 aliphatic rings. The summed E-state index contributed by atoms with van der Waals surface area (Å²) in [6.07, 6.45) is 3.33. The van der Waals surface area contributed by atoms with Gasteiger partial charge in [0.05, 0.1) is 36.0 Å². The number of rotatable bonds is 17. The van der Waals surface area contributed by atoms with E-state index in [-0.39, 0.29) is 18.1 Å². The highest BCUT2D eigenvalue weighted by Crippen LogP contribution is 2.51. The zero-order valence-corrected chi connectivity index (χ0v) is 30.5. The molecule has 1 aliphatic heterocycles. The molecule has 0 unspecified atom stereocenters. The maximum atomic E-state index is 14.3. The van der Waals surface area contributed by atoms with E-state index >= 15 is 0 Å². The van der Waals surface area contributed by atoms with E-state index < -0.39 is 61.7 Å². The number of halogens is 1. The number of aliphatic hydroxyl groups is 1. The molecule has 16 heteroatoms. The lowest BCUT2D eigenvalue weighted by molar-refractivity contribution is -0.168. The summed E-state index contributed by atoms with van der Waals surface area (Å²) in [7, 11) is -4.46. The van der Waals surface area contributed by atoms with Crippen molar-refractivity contribution in [1.82, 2.24) is 14.7 Å². The molecular weight excluding hydrogens is 689 g/mol. The Morgan fingerprint density at radius 1 is 1.14 bits per heavy atom. The maximum Gasteiger partial charge on any atom is 0.459 e. The van der Waals surface area contributed by atoms with Crippen LogP contribution in [0.25, 0.3) is 5.52 Å². The number of nitrogens with one attached hydrogen (secondary N) is 1. The van der Waals surface area contributed by atoms with Gasteiger partial charge in [-0.15, -0.1) is 0 Å². The summed E-state index contributed by atoms with van der Waals surface area (Å²) in [5, 5.41) is 30.0. The smallest absolute Gasteiger partial charge is 0.459 e. The number of aromatic nitrogens is 2. The van der Waals surface area contributed by atoms with Gasteiger partial charge in [-0.25, -0.2) is 9.08 Å². The Kier molecular flexibility index (Phi) is 12.9. The van der Waals surface area contributed by atoms with Crippen molar-refractivity contribution in [3.05, 3.63) is 59.4 Å². The van der Waals surface area contributed by atoms with E-state index in [2.05, 4.69) is 23.2 Å². The SMILES string of the molecule is CCCCCCCOC(=O)[C@H](C)N[P@](=O)(OC[C@H]1O[C@@](C#N)(c2ccc3c(N)ccnn23)[C@](C)(O)[C@@H]1OC(=O)C(C)C)Oc1ccc(Cl)cc1. The average Bonchev–Trinajstić information content (AvgIpc) is 3.60. The number of unbranched alkanes of at least 4 members (excludes halogenated alkanes) is 4. The van der Waals surface area contributed by atoms with E-state index in [0.29, 0.717) is 22.6 Å². The summed E-state index contributed by atoms with van der Waals surface area (Å²) in [5.74, 6) is -1.88. The first kappa shape index (κ1) is 39.1. The molecule has 50 heavy (non-hydrogen) atoms. The lowest BCUT2D eigenvalue weighted by atomic mass is 9.80. The van der Waals surface area contributed by atoms with E-state index in [1.165, 1.54) is 54.9 Å². The Balaban J connectivity index is 1.63. The molecule has 1 saturated heterocycles. The molecule has 0 amide bonds. The minimum atomic E-state index is -4.46. The summed E-state index contributed by atoms with van der Waals surface area (Å²) in [4.78, 5) is 25.8. The Morgan fingerprint density at radius 3 is 2.50 bits per heavy atom. The fourth-order valence-electron chi connectivity index (χ4n) is 5.55. The number of hydrogen-bond donors (Lipinski definition) is 3. The number of fused-ring (bicyclic) bond motifs is 1. The molecule has 0 bridgehead atoms. The van der Waals surface area contributed by atoms with E-state index in [1.807, 2.05) is 0 Å². The van der Waals surface area contributed by atoms with Crippen LogP contribution < -0.4 is 15.3 Å². The van der Waals surface area contributed by atoms with Crippen molar-refractivity contribution in [3.63, 3.8) is 0 Å². The van der Waals surface area contributed by atoms with Crippen LogP contribution in [0, 0.1) is 17.2 Å². The number of ether oxygens (including phenoxy) is 3. The second-order valence-corrected chi connectivity index (χ2v) is 14.8. The standard InChI is InChI=1S/C34H45ClN5O9P/c1-6-7-8-9-10-19-45-32(42)23(4)39-50(44,49-25-13-11-24(35)12-14-25)46-20-28-30(47-31(41)22(2)3)33(5,43)34(21-36,48-28)29-16-15-27-26(37)17-18-38-40(27)29/h11-18,22-23,28,30,43H,6-10,19-20,37H2,1-5H3,(H,39,44)/t23-,28+,30+,33+,34-,50-/m0/s1. The van der Waals surface area contributed by atoms with Gasteiger partial charge in [-0.05, 0) is 62.7 Å². The van der Waals surface area contributed by atoms with Gasteiger partial charge in [0.15, 0.2) is 6.10 Å². The third-order valence-corrected chi connectivity index (χ3v) is 10.3. The van der Waals surface area contributed by atoms with E-state index in [0.717, 1.165) is 25.7 Å². The number of benzene rings is 1. The van der Waals surface area contributed by atoms with Crippen molar-refractivity contribution >= 4 is 42.5 Å². The van der Waals surface area contributed by atoms with Gasteiger partial charge in [0.1, 0.15) is 29.6 Å². The summed E-state index contributed by atoms with van der Waals surface area (Å²) in [6, 6.07) is 11.6. The first-order valence-electron chi connectivity index (χ1n) is 16.6. The molecule has 3 heterocycles. The topological polar surface area (TPSA) is 197 Å². The number of esters is 2. The van der Waals surface area contributed by atoms with Crippen LogP contribution in [0.2, 0.25) is 5.02 Å².